The molecule has 1 aromatic carbocycles. The number of ether oxygens (including phenoxy) is 2. The summed E-state index contributed by atoms with van der Waals surface area (Å²) in [4.78, 5) is 29.5. The lowest BCUT2D eigenvalue weighted by Gasteiger charge is -2.34. The molecule has 1 fully saturated rings. The molecule has 2 aliphatic rings. The number of methoxy groups -OCH3 is 1. The molecule has 0 radical (unpaired) electrons. The number of morpholine rings is 1. The van der Waals surface area contributed by atoms with Crippen LogP contribution in [-0.4, -0.2) is 70.3 Å². The number of hydrogen-bond donors (Lipinski definition) is 0. The molecule has 0 saturated carbocycles. The second-order valence-corrected chi connectivity index (χ2v) is 7.64. The average Bonchev–Trinajstić information content (AvgIpc) is 3.14. The van der Waals surface area contributed by atoms with E-state index in [9.17, 15) is 9.59 Å². The Kier molecular flexibility index (Phi) is 5.27. The molecule has 0 spiro atoms. The summed E-state index contributed by atoms with van der Waals surface area (Å²) in [6.45, 7) is 6.50. The highest BCUT2D eigenvalue weighted by Crippen LogP contribution is 2.23. The van der Waals surface area contributed by atoms with Crippen LogP contribution in [0, 0.1) is 0 Å². The number of fused-ring (bicyclic) bond motifs is 1. The van der Waals surface area contributed by atoms with Crippen molar-refractivity contribution < 1.29 is 19.1 Å². The number of benzene rings is 1. The van der Waals surface area contributed by atoms with Crippen molar-refractivity contribution in [3.8, 4) is 5.75 Å². The standard InChI is InChI=1S/C21H26N4O4/c1-14-11-24(12-15(2)29-14)20(26)17-10-18-21(27)23(8-9-25(18)22-17)13-16-6-4-5-7-19(16)28-3/h4-7,10,14-15H,8-9,11-13H2,1-3H3. The first-order valence-corrected chi connectivity index (χ1v) is 9.90. The van der Waals surface area contributed by atoms with Crippen LogP contribution in [0.3, 0.4) is 0 Å². The van der Waals surface area contributed by atoms with Gasteiger partial charge >= 0.3 is 0 Å². The van der Waals surface area contributed by atoms with E-state index in [1.165, 1.54) is 0 Å². The molecule has 2 aromatic rings. The molecule has 8 heteroatoms. The zero-order valence-corrected chi connectivity index (χ0v) is 17.0. The summed E-state index contributed by atoms with van der Waals surface area (Å²) in [7, 11) is 1.62. The lowest BCUT2D eigenvalue weighted by atomic mass is 10.1. The average molecular weight is 398 g/mol. The number of aromatic nitrogens is 2. The summed E-state index contributed by atoms with van der Waals surface area (Å²) < 4.78 is 12.7. The van der Waals surface area contributed by atoms with Crippen molar-refractivity contribution in [2.75, 3.05) is 26.7 Å². The molecule has 1 saturated heterocycles. The van der Waals surface area contributed by atoms with E-state index in [0.717, 1.165) is 11.3 Å². The van der Waals surface area contributed by atoms with Crippen molar-refractivity contribution in [2.45, 2.75) is 39.1 Å². The van der Waals surface area contributed by atoms with Crippen LogP contribution in [0.4, 0.5) is 0 Å². The molecule has 0 aliphatic carbocycles. The molecule has 154 valence electrons. The zero-order chi connectivity index (χ0) is 20.5. The van der Waals surface area contributed by atoms with Gasteiger partial charge < -0.3 is 19.3 Å². The third kappa shape index (κ3) is 3.85. The fraction of sp³-hybridized carbons (Fsp3) is 0.476. The lowest BCUT2D eigenvalue weighted by molar-refractivity contribution is -0.0587. The molecule has 1 aromatic heterocycles. The van der Waals surface area contributed by atoms with Gasteiger partial charge in [-0.3, -0.25) is 14.3 Å². The van der Waals surface area contributed by atoms with Gasteiger partial charge in [-0.2, -0.15) is 5.10 Å². The number of carbonyl (C=O) groups is 2. The van der Waals surface area contributed by atoms with Gasteiger partial charge in [0, 0.05) is 37.8 Å². The van der Waals surface area contributed by atoms with Crippen molar-refractivity contribution in [3.63, 3.8) is 0 Å². The molecule has 0 N–H and O–H groups in total. The zero-order valence-electron chi connectivity index (χ0n) is 17.0. The number of carbonyl (C=O) groups excluding carboxylic acids is 2. The van der Waals surface area contributed by atoms with Gasteiger partial charge in [-0.1, -0.05) is 18.2 Å². The second kappa shape index (κ2) is 7.87. The highest BCUT2D eigenvalue weighted by molar-refractivity contribution is 5.98. The van der Waals surface area contributed by atoms with E-state index in [1.807, 2.05) is 38.1 Å². The van der Waals surface area contributed by atoms with Crippen molar-refractivity contribution in [1.29, 1.82) is 0 Å². The van der Waals surface area contributed by atoms with Gasteiger partial charge in [0.1, 0.15) is 11.4 Å². The highest BCUT2D eigenvalue weighted by atomic mass is 16.5. The predicted octanol–water partition coefficient (Wildman–Crippen LogP) is 1.80. The van der Waals surface area contributed by atoms with Crippen LogP contribution in [0.25, 0.3) is 0 Å². The molecular weight excluding hydrogens is 372 g/mol. The largest absolute Gasteiger partial charge is 0.496 e. The van der Waals surface area contributed by atoms with E-state index in [0.29, 0.717) is 44.1 Å². The van der Waals surface area contributed by atoms with E-state index in [1.54, 1.807) is 27.7 Å². The smallest absolute Gasteiger partial charge is 0.274 e. The maximum absolute atomic E-state index is 13.0. The number of para-hydroxylation sites is 1. The fourth-order valence-corrected chi connectivity index (χ4v) is 4.04. The third-order valence-corrected chi connectivity index (χ3v) is 5.35. The summed E-state index contributed by atoms with van der Waals surface area (Å²) >= 11 is 0. The number of amides is 2. The minimum absolute atomic E-state index is 0.0158. The Morgan fingerprint density at radius 1 is 1.21 bits per heavy atom. The summed E-state index contributed by atoms with van der Waals surface area (Å²) in [6, 6.07) is 9.28. The van der Waals surface area contributed by atoms with Gasteiger partial charge in [0.25, 0.3) is 11.8 Å². The topological polar surface area (TPSA) is 76.9 Å². The number of nitrogens with zero attached hydrogens (tertiary/aromatic N) is 4. The van der Waals surface area contributed by atoms with Gasteiger partial charge in [-0.15, -0.1) is 0 Å². The molecule has 3 heterocycles. The number of hydrogen-bond acceptors (Lipinski definition) is 5. The Balaban J connectivity index is 1.52. The van der Waals surface area contributed by atoms with Crippen molar-refractivity contribution >= 4 is 11.8 Å². The molecule has 2 aliphatic heterocycles. The van der Waals surface area contributed by atoms with Crippen molar-refractivity contribution in [3.05, 3.63) is 47.3 Å². The van der Waals surface area contributed by atoms with Gasteiger partial charge in [0.15, 0.2) is 5.69 Å². The summed E-state index contributed by atoms with van der Waals surface area (Å²) in [6.07, 6.45) is -0.0316. The van der Waals surface area contributed by atoms with Gasteiger partial charge in [-0.25, -0.2) is 0 Å². The van der Waals surface area contributed by atoms with Crippen LogP contribution < -0.4 is 4.74 Å². The monoisotopic (exact) mass is 398 g/mol. The van der Waals surface area contributed by atoms with E-state index >= 15 is 0 Å². The maximum Gasteiger partial charge on any atom is 0.274 e. The molecule has 2 atom stereocenters. The van der Waals surface area contributed by atoms with Crippen LogP contribution in [0.2, 0.25) is 0 Å². The first kappa shape index (κ1) is 19.4. The van der Waals surface area contributed by atoms with Crippen LogP contribution in [0.15, 0.2) is 30.3 Å². The van der Waals surface area contributed by atoms with Crippen molar-refractivity contribution in [1.82, 2.24) is 19.6 Å². The molecule has 2 amide bonds. The van der Waals surface area contributed by atoms with E-state index in [4.69, 9.17) is 9.47 Å². The summed E-state index contributed by atoms with van der Waals surface area (Å²) in [5, 5.41) is 4.41. The Bertz CT molecular complexity index is 915. The molecule has 0 bridgehead atoms. The second-order valence-electron chi connectivity index (χ2n) is 7.64. The van der Waals surface area contributed by atoms with Crippen LogP contribution >= 0.6 is 0 Å². The molecule has 29 heavy (non-hydrogen) atoms. The highest BCUT2D eigenvalue weighted by Gasteiger charge is 2.32. The lowest BCUT2D eigenvalue weighted by Crippen LogP contribution is -2.48. The SMILES string of the molecule is COc1ccccc1CN1CCn2nc(C(=O)N3CC(C)OC(C)C3)cc2C1=O. The van der Waals surface area contributed by atoms with Crippen LogP contribution in [-0.2, 0) is 17.8 Å². The molecule has 2 unspecified atom stereocenters. The van der Waals surface area contributed by atoms with E-state index < -0.39 is 0 Å². The molecular formula is C21H26N4O4. The first-order valence-electron chi connectivity index (χ1n) is 9.90. The minimum atomic E-state index is -0.155. The molecule has 8 nitrogen and oxygen atoms in total. The first-order chi connectivity index (χ1) is 14.0. The predicted molar refractivity (Wildman–Crippen MR) is 106 cm³/mol. The Hall–Kier alpha value is -2.87. The van der Waals surface area contributed by atoms with Gasteiger partial charge in [-0.05, 0) is 19.9 Å². The van der Waals surface area contributed by atoms with Crippen LogP contribution in [0.5, 0.6) is 5.75 Å². The minimum Gasteiger partial charge on any atom is -0.496 e. The summed E-state index contributed by atoms with van der Waals surface area (Å²) in [5.41, 5.74) is 1.71. The quantitative estimate of drug-likeness (QED) is 0.785. The molecule has 4 rings (SSSR count). The van der Waals surface area contributed by atoms with Gasteiger partial charge in [0.2, 0.25) is 0 Å². The van der Waals surface area contributed by atoms with Gasteiger partial charge in [0.05, 0.1) is 25.9 Å². The Morgan fingerprint density at radius 3 is 2.66 bits per heavy atom. The van der Waals surface area contributed by atoms with E-state index in [2.05, 4.69) is 5.10 Å². The third-order valence-electron chi connectivity index (χ3n) is 5.35. The Morgan fingerprint density at radius 2 is 1.93 bits per heavy atom. The maximum atomic E-state index is 13.0. The normalized spacial score (nSPS) is 21.8. The van der Waals surface area contributed by atoms with Crippen LogP contribution in [0.1, 0.15) is 40.4 Å². The van der Waals surface area contributed by atoms with E-state index in [-0.39, 0.29) is 24.0 Å². The van der Waals surface area contributed by atoms with Crippen molar-refractivity contribution in [2.24, 2.45) is 0 Å². The fourth-order valence-electron chi connectivity index (χ4n) is 4.04. The summed E-state index contributed by atoms with van der Waals surface area (Å²) in [5.74, 6) is 0.473. The Labute approximate surface area is 170 Å². The number of rotatable bonds is 4.